The summed E-state index contributed by atoms with van der Waals surface area (Å²) in [6.07, 6.45) is 0.461. The molecule has 350 valence electrons. The molecule has 0 radical (unpaired) electrons. The van der Waals surface area contributed by atoms with E-state index in [0.717, 1.165) is 61.7 Å². The molecular weight excluding hydrogens is 845 g/mol. The number of carbonyl (C=O) groups is 2. The topological polar surface area (TPSA) is 157 Å². The largest absolute Gasteiger partial charge is 0.493 e. The zero-order valence-electron chi connectivity index (χ0n) is 38.7. The molecule has 1 saturated heterocycles. The molecule has 2 amide bonds. The third kappa shape index (κ3) is 15.3. The maximum Gasteiger partial charge on any atom is 0.246 e. The Morgan fingerprint density at radius 1 is 0.862 bits per heavy atom. The van der Waals surface area contributed by atoms with Crippen molar-refractivity contribution in [2.75, 3.05) is 91.5 Å². The van der Waals surface area contributed by atoms with E-state index < -0.39 is 12.1 Å². The van der Waals surface area contributed by atoms with Crippen molar-refractivity contribution in [3.05, 3.63) is 95.6 Å². The first-order chi connectivity index (χ1) is 31.3. The highest BCUT2D eigenvalue weighted by molar-refractivity contribution is 7.13. The first-order valence-electron chi connectivity index (χ1n) is 22.4. The second-order valence-corrected chi connectivity index (χ2v) is 18.5. The smallest absolute Gasteiger partial charge is 0.246 e. The number of hydrogen-bond acceptors (Lipinski definition) is 13. The van der Waals surface area contributed by atoms with E-state index in [0.29, 0.717) is 72.3 Å². The minimum Gasteiger partial charge on any atom is -0.493 e. The van der Waals surface area contributed by atoms with Gasteiger partial charge in [0.2, 0.25) is 11.8 Å². The molecule has 65 heavy (non-hydrogen) atoms. The molecule has 6 rings (SSSR count). The number of β-amino-alcohol motifs (C(OH)–C–C–N with tert-alkyl or cyclic N) is 1. The Labute approximate surface area is 387 Å². The predicted octanol–water partition coefficient (Wildman–Crippen LogP) is 6.52. The van der Waals surface area contributed by atoms with Gasteiger partial charge < -0.3 is 44.3 Å². The maximum atomic E-state index is 13.4. The molecule has 0 spiro atoms. The van der Waals surface area contributed by atoms with E-state index in [4.69, 9.17) is 28.7 Å². The lowest BCUT2D eigenvalue weighted by atomic mass is 9.86. The summed E-state index contributed by atoms with van der Waals surface area (Å²) in [6, 6.07) is 25.8. The molecule has 15 heteroatoms. The van der Waals surface area contributed by atoms with Crippen LogP contribution >= 0.6 is 11.3 Å². The maximum absolute atomic E-state index is 13.4. The van der Waals surface area contributed by atoms with E-state index >= 15 is 0 Å². The second kappa shape index (κ2) is 24.5. The van der Waals surface area contributed by atoms with Crippen LogP contribution in [0.15, 0.2) is 84.4 Å². The number of pyridine rings is 1. The van der Waals surface area contributed by atoms with Crippen LogP contribution in [0, 0.1) is 12.3 Å². The molecule has 1 fully saturated rings. The minimum atomic E-state index is -0.627. The highest BCUT2D eigenvalue weighted by Crippen LogP contribution is 2.29. The molecule has 3 N–H and O–H groups in total. The summed E-state index contributed by atoms with van der Waals surface area (Å²) in [5, 5.41) is 17.7. The van der Waals surface area contributed by atoms with Gasteiger partial charge in [-0.3, -0.25) is 14.5 Å². The van der Waals surface area contributed by atoms with Crippen molar-refractivity contribution in [2.24, 2.45) is 5.41 Å². The van der Waals surface area contributed by atoms with Gasteiger partial charge in [-0.05, 0) is 66.3 Å². The van der Waals surface area contributed by atoms with Crippen molar-refractivity contribution in [2.45, 2.75) is 65.3 Å². The fourth-order valence-corrected chi connectivity index (χ4v) is 8.29. The summed E-state index contributed by atoms with van der Waals surface area (Å²) in [5.41, 5.74) is 8.71. The average molecular weight is 911 g/mol. The second-order valence-electron chi connectivity index (χ2n) is 17.6. The van der Waals surface area contributed by atoms with Crippen molar-refractivity contribution in [3.63, 3.8) is 0 Å². The monoisotopic (exact) mass is 910 g/mol. The van der Waals surface area contributed by atoms with Gasteiger partial charge in [-0.1, -0.05) is 63.2 Å². The zero-order chi connectivity index (χ0) is 46.2. The molecule has 3 atom stereocenters. The van der Waals surface area contributed by atoms with Gasteiger partial charge in [0.15, 0.2) is 0 Å². The number of aryl methyl sites for hydroxylation is 1. The first kappa shape index (κ1) is 49.4. The Bertz CT molecular complexity index is 2250. The fraction of sp³-hybridized carbons (Fsp3) is 0.480. The van der Waals surface area contributed by atoms with Gasteiger partial charge in [0.1, 0.15) is 12.4 Å². The molecule has 0 aliphatic carbocycles. The van der Waals surface area contributed by atoms with Gasteiger partial charge >= 0.3 is 0 Å². The lowest BCUT2D eigenvalue weighted by molar-refractivity contribution is -0.128. The molecule has 2 aromatic heterocycles. The fourth-order valence-electron chi connectivity index (χ4n) is 7.48. The van der Waals surface area contributed by atoms with E-state index in [1.54, 1.807) is 11.3 Å². The van der Waals surface area contributed by atoms with Crippen LogP contribution < -0.4 is 20.3 Å². The van der Waals surface area contributed by atoms with Gasteiger partial charge in [0, 0.05) is 69.4 Å². The number of aliphatic hydroxyl groups is 1. The predicted molar refractivity (Wildman–Crippen MR) is 256 cm³/mol. The van der Waals surface area contributed by atoms with E-state index in [1.165, 1.54) is 0 Å². The number of rotatable bonds is 25. The minimum absolute atomic E-state index is 0.114. The molecule has 0 bridgehead atoms. The highest BCUT2D eigenvalue weighted by atomic mass is 32.1. The van der Waals surface area contributed by atoms with Crippen LogP contribution in [-0.4, -0.2) is 137 Å². The van der Waals surface area contributed by atoms with Crippen molar-refractivity contribution in [1.82, 2.24) is 25.5 Å². The molecular formula is C50H66N6O8S. The van der Waals surface area contributed by atoms with Crippen LogP contribution in [0.3, 0.4) is 0 Å². The zero-order valence-corrected chi connectivity index (χ0v) is 39.5. The van der Waals surface area contributed by atoms with Crippen molar-refractivity contribution >= 4 is 39.7 Å². The number of nitrogens with one attached hydrogen (secondary N) is 2. The number of nitrogens with zero attached hydrogens (tertiary/aromatic N) is 4. The summed E-state index contributed by atoms with van der Waals surface area (Å²) in [7, 11) is 4.06. The van der Waals surface area contributed by atoms with Gasteiger partial charge in [-0.2, -0.15) is 0 Å². The van der Waals surface area contributed by atoms with E-state index in [1.807, 2.05) is 101 Å². The number of aromatic nitrogens is 2. The van der Waals surface area contributed by atoms with Crippen LogP contribution in [0.5, 0.6) is 5.75 Å². The summed E-state index contributed by atoms with van der Waals surface area (Å²) >= 11 is 1.61. The van der Waals surface area contributed by atoms with Crippen LogP contribution in [0.25, 0.3) is 32.6 Å². The molecule has 0 saturated carbocycles. The molecule has 14 nitrogen and oxygen atoms in total. The van der Waals surface area contributed by atoms with Crippen LogP contribution in [0.4, 0.5) is 5.69 Å². The Morgan fingerprint density at radius 2 is 1.54 bits per heavy atom. The SMILES string of the molecule is Cc1ncsc1-c1ccc(CNC(=O)C2CC(O)CN2C[C@@H](NC(=O)COCCOCCOCCOCCCOc2ccc3nc(-c4ccc(N(C)C)cc4)ccc3c2)C(C)(C)C)cc1. The Kier molecular flexibility index (Phi) is 18.6. The number of benzene rings is 3. The Morgan fingerprint density at radius 3 is 2.20 bits per heavy atom. The van der Waals surface area contributed by atoms with Crippen molar-refractivity contribution in [3.8, 4) is 27.4 Å². The molecule has 3 aromatic carbocycles. The summed E-state index contributed by atoms with van der Waals surface area (Å²) in [6.45, 7) is 12.6. The average Bonchev–Trinajstić information content (AvgIpc) is 3.90. The number of thiazole rings is 1. The number of aliphatic hydroxyl groups excluding tert-OH is 1. The molecule has 2 unspecified atom stereocenters. The first-order valence-corrected chi connectivity index (χ1v) is 23.3. The Balaban J connectivity index is 0.778. The standard InChI is InChI=1S/C50H66N6O8S/c1-35-48(65-34-52-35)38-10-8-36(9-11-38)30-51-49(59)45-29-41(57)31-56(45)32-46(50(2,3)4)54-47(58)33-63-27-26-62-25-24-61-23-22-60-20-7-21-64-42-17-19-44-39(28-42)14-18-43(53-44)37-12-15-40(16-13-37)55(5)6/h8-19,28,34,41,45-46,57H,7,20-27,29-33H2,1-6H3,(H,51,59)(H,54,58)/t41?,45?,46-/m1/s1. The van der Waals surface area contributed by atoms with Crippen LogP contribution in [-0.2, 0) is 35.1 Å². The van der Waals surface area contributed by atoms with E-state index in [-0.39, 0.29) is 36.5 Å². The quantitative estimate of drug-likeness (QED) is 0.0547. The number of carbonyl (C=O) groups excluding carboxylic acids is 2. The number of amides is 2. The molecule has 1 aliphatic heterocycles. The lowest BCUT2D eigenvalue weighted by Gasteiger charge is -2.36. The molecule has 1 aliphatic rings. The Hall–Kier alpha value is -5.00. The van der Waals surface area contributed by atoms with Gasteiger partial charge in [-0.25, -0.2) is 9.97 Å². The molecule has 5 aromatic rings. The summed E-state index contributed by atoms with van der Waals surface area (Å²) in [5.74, 6) is 0.413. The van der Waals surface area contributed by atoms with Crippen LogP contribution in [0.1, 0.15) is 44.9 Å². The molecule has 3 heterocycles. The van der Waals surface area contributed by atoms with Gasteiger partial charge in [0.05, 0.1) is 85.7 Å². The lowest BCUT2D eigenvalue weighted by Crippen LogP contribution is -2.54. The van der Waals surface area contributed by atoms with E-state index in [9.17, 15) is 14.7 Å². The van der Waals surface area contributed by atoms with E-state index in [2.05, 4.69) is 50.8 Å². The number of anilines is 1. The van der Waals surface area contributed by atoms with Crippen molar-refractivity contribution < 1.29 is 38.4 Å². The number of ether oxygens (including phenoxy) is 5. The normalized spacial score (nSPS) is 15.9. The van der Waals surface area contributed by atoms with Crippen LogP contribution in [0.2, 0.25) is 0 Å². The third-order valence-corrected chi connectivity index (χ3v) is 12.3. The van der Waals surface area contributed by atoms with Gasteiger partial charge in [0.25, 0.3) is 0 Å². The number of likely N-dealkylation sites (tertiary alicyclic amines) is 1. The van der Waals surface area contributed by atoms with Gasteiger partial charge in [-0.15, -0.1) is 11.3 Å². The number of hydrogen-bond donors (Lipinski definition) is 3. The third-order valence-electron chi connectivity index (χ3n) is 11.3. The van der Waals surface area contributed by atoms with Crippen molar-refractivity contribution in [1.29, 1.82) is 0 Å². The number of fused-ring (bicyclic) bond motifs is 1. The summed E-state index contributed by atoms with van der Waals surface area (Å²) < 4.78 is 28.5. The summed E-state index contributed by atoms with van der Waals surface area (Å²) in [4.78, 5) is 40.7. The highest BCUT2D eigenvalue weighted by Gasteiger charge is 2.39.